The third kappa shape index (κ3) is 2.52. The molecule has 2 aromatic rings. The first-order chi connectivity index (χ1) is 7.79. The Morgan fingerprint density at radius 3 is 2.94 bits per heavy atom. The zero-order chi connectivity index (χ0) is 11.4. The van der Waals surface area contributed by atoms with Crippen LogP contribution in [0.5, 0.6) is 5.75 Å². The summed E-state index contributed by atoms with van der Waals surface area (Å²) in [6, 6.07) is 7.63. The number of thioether (sulfide) groups is 1. The zero-order valence-corrected chi connectivity index (χ0v) is 9.79. The molecule has 3 nitrogen and oxygen atoms in total. The monoisotopic (exact) mass is 235 g/mol. The number of methoxy groups -OCH3 is 1. The van der Waals surface area contributed by atoms with Gasteiger partial charge in [0.2, 0.25) is 0 Å². The second-order valence-electron chi connectivity index (χ2n) is 3.33. The summed E-state index contributed by atoms with van der Waals surface area (Å²) in [4.78, 5) is 1.08. The van der Waals surface area contributed by atoms with Crippen molar-refractivity contribution in [1.29, 1.82) is 0 Å². The van der Waals surface area contributed by atoms with E-state index in [4.69, 9.17) is 14.9 Å². The van der Waals surface area contributed by atoms with Gasteiger partial charge in [-0.25, -0.2) is 0 Å². The topological polar surface area (TPSA) is 48.4 Å². The van der Waals surface area contributed by atoms with Crippen molar-refractivity contribution in [2.75, 3.05) is 12.8 Å². The second kappa shape index (κ2) is 4.99. The highest BCUT2D eigenvalue weighted by molar-refractivity contribution is 7.98. The molecule has 2 N–H and O–H groups in total. The highest BCUT2D eigenvalue weighted by Crippen LogP contribution is 2.33. The van der Waals surface area contributed by atoms with E-state index < -0.39 is 0 Å². The van der Waals surface area contributed by atoms with Crippen LogP contribution in [-0.2, 0) is 5.75 Å². The number of anilines is 1. The minimum atomic E-state index is 0.713. The lowest BCUT2D eigenvalue weighted by Crippen LogP contribution is -1.90. The van der Waals surface area contributed by atoms with Gasteiger partial charge in [-0.15, -0.1) is 11.8 Å². The van der Waals surface area contributed by atoms with Gasteiger partial charge in [-0.2, -0.15) is 0 Å². The summed E-state index contributed by atoms with van der Waals surface area (Å²) < 4.78 is 10.3. The van der Waals surface area contributed by atoms with Crippen LogP contribution in [0.1, 0.15) is 5.56 Å². The van der Waals surface area contributed by atoms with Crippen molar-refractivity contribution in [3.05, 3.63) is 42.4 Å². The van der Waals surface area contributed by atoms with Gasteiger partial charge in [-0.05, 0) is 18.2 Å². The molecule has 0 spiro atoms. The number of hydrogen-bond acceptors (Lipinski definition) is 4. The van der Waals surface area contributed by atoms with Gasteiger partial charge in [0, 0.05) is 28.0 Å². The van der Waals surface area contributed by atoms with Crippen LogP contribution in [0.25, 0.3) is 0 Å². The molecule has 0 fully saturated rings. The number of benzene rings is 1. The molecule has 2 rings (SSSR count). The maximum absolute atomic E-state index is 5.69. The normalized spacial score (nSPS) is 10.3. The van der Waals surface area contributed by atoms with Crippen LogP contribution in [0.4, 0.5) is 5.69 Å². The molecule has 1 aromatic heterocycles. The summed E-state index contributed by atoms with van der Waals surface area (Å²) in [5.41, 5.74) is 7.56. The molecule has 16 heavy (non-hydrogen) atoms. The Morgan fingerprint density at radius 2 is 2.25 bits per heavy atom. The number of hydrogen-bond donors (Lipinski definition) is 1. The molecule has 1 aromatic carbocycles. The van der Waals surface area contributed by atoms with Gasteiger partial charge in [0.15, 0.2) is 0 Å². The first-order valence-corrected chi connectivity index (χ1v) is 5.85. The predicted octanol–water partition coefficient (Wildman–Crippen LogP) is 3.16. The van der Waals surface area contributed by atoms with Gasteiger partial charge in [-0.1, -0.05) is 0 Å². The van der Waals surface area contributed by atoms with E-state index in [-0.39, 0.29) is 0 Å². The smallest absolute Gasteiger partial charge is 0.134 e. The Bertz CT molecular complexity index is 454. The van der Waals surface area contributed by atoms with E-state index in [1.54, 1.807) is 31.4 Å². The van der Waals surface area contributed by atoms with Crippen molar-refractivity contribution in [2.45, 2.75) is 10.6 Å². The Hall–Kier alpha value is -1.55. The third-order valence-electron chi connectivity index (χ3n) is 2.16. The van der Waals surface area contributed by atoms with Crippen LogP contribution in [0.3, 0.4) is 0 Å². The first kappa shape index (κ1) is 11.0. The molecule has 0 aliphatic heterocycles. The Balaban J connectivity index is 2.09. The largest absolute Gasteiger partial charge is 0.496 e. The van der Waals surface area contributed by atoms with Crippen molar-refractivity contribution >= 4 is 17.4 Å². The number of rotatable bonds is 4. The molecule has 4 heteroatoms. The molecule has 1 heterocycles. The summed E-state index contributed by atoms with van der Waals surface area (Å²) in [5, 5.41) is 0. The lowest BCUT2D eigenvalue weighted by Gasteiger charge is -2.08. The second-order valence-corrected chi connectivity index (χ2v) is 4.35. The maximum atomic E-state index is 5.69. The van der Waals surface area contributed by atoms with Crippen LogP contribution in [0.15, 0.2) is 46.1 Å². The van der Waals surface area contributed by atoms with Gasteiger partial charge in [-0.3, -0.25) is 0 Å². The van der Waals surface area contributed by atoms with Crippen molar-refractivity contribution in [2.24, 2.45) is 0 Å². The van der Waals surface area contributed by atoms with E-state index in [1.165, 1.54) is 0 Å². The molecule has 0 saturated heterocycles. The fraction of sp³-hybridized carbons (Fsp3) is 0.167. The maximum Gasteiger partial charge on any atom is 0.134 e. The highest BCUT2D eigenvalue weighted by atomic mass is 32.2. The van der Waals surface area contributed by atoms with Crippen molar-refractivity contribution in [3.63, 3.8) is 0 Å². The average molecular weight is 235 g/mol. The SMILES string of the molecule is COc1cc(N)ccc1SCc1ccoc1. The first-order valence-electron chi connectivity index (χ1n) is 4.87. The summed E-state index contributed by atoms with van der Waals surface area (Å²) in [7, 11) is 1.65. The molecule has 0 aliphatic rings. The third-order valence-corrected chi connectivity index (χ3v) is 3.29. The number of furan rings is 1. The lowest BCUT2D eigenvalue weighted by atomic mass is 10.3. The fourth-order valence-corrected chi connectivity index (χ4v) is 2.27. The van der Waals surface area contributed by atoms with E-state index >= 15 is 0 Å². The minimum absolute atomic E-state index is 0.713. The molecule has 0 radical (unpaired) electrons. The van der Waals surface area contributed by atoms with Crippen molar-refractivity contribution in [1.82, 2.24) is 0 Å². The summed E-state index contributed by atoms with van der Waals surface area (Å²) in [6.45, 7) is 0. The molecule has 0 unspecified atom stereocenters. The van der Waals surface area contributed by atoms with Gasteiger partial charge >= 0.3 is 0 Å². The van der Waals surface area contributed by atoms with E-state index in [0.29, 0.717) is 5.69 Å². The lowest BCUT2D eigenvalue weighted by molar-refractivity contribution is 0.405. The van der Waals surface area contributed by atoms with E-state index in [2.05, 4.69) is 0 Å². The molecular weight excluding hydrogens is 222 g/mol. The molecule has 0 saturated carbocycles. The van der Waals surface area contributed by atoms with Gasteiger partial charge in [0.05, 0.1) is 19.6 Å². The molecule has 0 bridgehead atoms. The highest BCUT2D eigenvalue weighted by Gasteiger charge is 2.04. The van der Waals surface area contributed by atoms with Gasteiger partial charge in [0.1, 0.15) is 5.75 Å². The Morgan fingerprint density at radius 1 is 1.38 bits per heavy atom. The van der Waals surface area contributed by atoms with Crippen LogP contribution in [0.2, 0.25) is 0 Å². The molecule has 0 aliphatic carbocycles. The average Bonchev–Trinajstić information content (AvgIpc) is 2.80. The van der Waals surface area contributed by atoms with Crippen molar-refractivity contribution < 1.29 is 9.15 Å². The Kier molecular flexibility index (Phi) is 3.41. The molecule has 0 atom stereocenters. The Labute approximate surface area is 98.6 Å². The summed E-state index contributed by atoms with van der Waals surface area (Å²) in [5.74, 6) is 1.67. The van der Waals surface area contributed by atoms with Crippen LogP contribution < -0.4 is 10.5 Å². The summed E-state index contributed by atoms with van der Waals surface area (Å²) in [6.07, 6.45) is 3.42. The zero-order valence-electron chi connectivity index (χ0n) is 8.97. The standard InChI is InChI=1S/C12H13NO2S/c1-14-11-6-10(13)2-3-12(11)16-8-9-4-5-15-7-9/h2-7H,8,13H2,1H3. The number of ether oxygens (including phenoxy) is 1. The van der Waals surface area contributed by atoms with E-state index in [0.717, 1.165) is 22.0 Å². The van der Waals surface area contributed by atoms with Crippen molar-refractivity contribution in [3.8, 4) is 5.75 Å². The van der Waals surface area contributed by atoms with Crippen LogP contribution >= 0.6 is 11.8 Å². The van der Waals surface area contributed by atoms with Crippen LogP contribution in [-0.4, -0.2) is 7.11 Å². The predicted molar refractivity (Wildman–Crippen MR) is 65.7 cm³/mol. The molecule has 84 valence electrons. The van der Waals surface area contributed by atoms with Gasteiger partial charge in [0.25, 0.3) is 0 Å². The van der Waals surface area contributed by atoms with Gasteiger partial charge < -0.3 is 14.9 Å². The van der Waals surface area contributed by atoms with E-state index in [1.807, 2.05) is 24.3 Å². The molecular formula is C12H13NO2S. The van der Waals surface area contributed by atoms with E-state index in [9.17, 15) is 0 Å². The number of nitrogens with two attached hydrogens (primary N) is 1. The molecule has 0 amide bonds. The van der Waals surface area contributed by atoms with Crippen LogP contribution in [0, 0.1) is 0 Å². The number of nitrogen functional groups attached to an aromatic ring is 1. The quantitative estimate of drug-likeness (QED) is 0.653. The fourth-order valence-electron chi connectivity index (χ4n) is 1.34. The minimum Gasteiger partial charge on any atom is -0.496 e. The summed E-state index contributed by atoms with van der Waals surface area (Å²) >= 11 is 1.70.